The van der Waals surface area contributed by atoms with Gasteiger partial charge in [-0.15, -0.1) is 0 Å². The van der Waals surface area contributed by atoms with Crippen LogP contribution in [0.5, 0.6) is 28.9 Å². The summed E-state index contributed by atoms with van der Waals surface area (Å²) in [6, 6.07) is 10.4. The van der Waals surface area contributed by atoms with Crippen LogP contribution in [0.1, 0.15) is 31.9 Å². The summed E-state index contributed by atoms with van der Waals surface area (Å²) in [7, 11) is 1.54. The molecule has 1 aliphatic rings. The quantitative estimate of drug-likeness (QED) is 0.363. The van der Waals surface area contributed by atoms with E-state index >= 15 is 0 Å². The predicted molar refractivity (Wildman–Crippen MR) is 131 cm³/mol. The van der Waals surface area contributed by atoms with E-state index in [1.54, 1.807) is 25.1 Å². The number of nitrogens with one attached hydrogen (secondary N) is 1. The Labute approximate surface area is 216 Å². The third kappa shape index (κ3) is 6.19. The van der Waals surface area contributed by atoms with E-state index in [9.17, 15) is 18.0 Å². The van der Waals surface area contributed by atoms with Crippen molar-refractivity contribution >= 4 is 23.2 Å². The molecule has 196 valence electrons. The van der Waals surface area contributed by atoms with Crippen LogP contribution in [0.15, 0.2) is 48.7 Å². The Balaban J connectivity index is 1.38. The number of fused-ring (bicyclic) bond motifs is 1. The minimum absolute atomic E-state index is 0.172. The number of alkyl halides is 3. The van der Waals surface area contributed by atoms with Crippen LogP contribution in [0, 0.1) is 0 Å². The van der Waals surface area contributed by atoms with Gasteiger partial charge < -0.3 is 24.3 Å². The molecule has 0 radical (unpaired) electrons. The van der Waals surface area contributed by atoms with E-state index in [-0.39, 0.29) is 28.2 Å². The maximum atomic E-state index is 12.8. The Kier molecular flexibility index (Phi) is 7.14. The average molecular weight is 537 g/mol. The molecule has 1 amide bonds. The van der Waals surface area contributed by atoms with Crippen LogP contribution in [-0.4, -0.2) is 29.7 Å². The lowest BCUT2D eigenvalue weighted by molar-refractivity contribution is -0.137. The molecule has 3 aromatic rings. The molecule has 0 bridgehead atoms. The molecule has 4 rings (SSSR count). The summed E-state index contributed by atoms with van der Waals surface area (Å²) in [5.41, 5.74) is 0.156. The summed E-state index contributed by atoms with van der Waals surface area (Å²) in [4.78, 5) is 16.4. The van der Waals surface area contributed by atoms with Crippen molar-refractivity contribution in [2.24, 2.45) is 0 Å². The first-order valence-electron chi connectivity index (χ1n) is 11.2. The number of pyridine rings is 1. The van der Waals surface area contributed by atoms with Gasteiger partial charge in [-0.2, -0.15) is 13.2 Å². The number of halogens is 4. The van der Waals surface area contributed by atoms with Gasteiger partial charge in [0.1, 0.15) is 22.1 Å². The number of hydrogen-bond acceptors (Lipinski definition) is 6. The zero-order valence-electron chi connectivity index (χ0n) is 20.4. The van der Waals surface area contributed by atoms with Crippen molar-refractivity contribution in [2.75, 3.05) is 12.4 Å². The molecule has 2 aromatic carbocycles. The van der Waals surface area contributed by atoms with E-state index in [4.69, 9.17) is 30.5 Å². The molecule has 1 N–H and O–H groups in total. The first-order valence-corrected chi connectivity index (χ1v) is 11.6. The highest BCUT2D eigenvalue weighted by Gasteiger charge is 2.33. The molecule has 37 heavy (non-hydrogen) atoms. The van der Waals surface area contributed by atoms with Crippen molar-refractivity contribution in [3.63, 3.8) is 0 Å². The van der Waals surface area contributed by atoms with Crippen molar-refractivity contribution in [3.8, 4) is 28.9 Å². The van der Waals surface area contributed by atoms with Crippen LogP contribution >= 0.6 is 11.6 Å². The van der Waals surface area contributed by atoms with E-state index in [2.05, 4.69) is 10.3 Å². The Morgan fingerprint density at radius 3 is 2.46 bits per heavy atom. The molecule has 0 saturated heterocycles. The van der Waals surface area contributed by atoms with Crippen LogP contribution in [0.2, 0.25) is 5.02 Å². The second-order valence-electron chi connectivity index (χ2n) is 9.04. The molecule has 0 fully saturated rings. The van der Waals surface area contributed by atoms with Gasteiger partial charge in [0.05, 0.1) is 12.7 Å². The number of hydrogen-bond donors (Lipinski definition) is 1. The number of aromatic nitrogens is 1. The van der Waals surface area contributed by atoms with Gasteiger partial charge in [0.25, 0.3) is 5.91 Å². The van der Waals surface area contributed by atoms with Crippen LogP contribution in [0.3, 0.4) is 0 Å². The van der Waals surface area contributed by atoms with Crippen molar-refractivity contribution in [3.05, 3.63) is 64.8 Å². The zero-order chi connectivity index (χ0) is 27.0. The second-order valence-corrected chi connectivity index (χ2v) is 9.44. The van der Waals surface area contributed by atoms with Crippen LogP contribution in [0.4, 0.5) is 18.9 Å². The van der Waals surface area contributed by atoms with Crippen LogP contribution in [-0.2, 0) is 17.4 Å². The maximum absolute atomic E-state index is 12.8. The fourth-order valence-corrected chi connectivity index (χ4v) is 3.96. The summed E-state index contributed by atoms with van der Waals surface area (Å²) >= 11 is 5.88. The number of benzene rings is 2. The van der Waals surface area contributed by atoms with Gasteiger partial charge in [-0.3, -0.25) is 4.79 Å². The topological polar surface area (TPSA) is 78.9 Å². The van der Waals surface area contributed by atoms with E-state index in [0.29, 0.717) is 35.6 Å². The number of nitrogens with zero attached hydrogens (tertiary/aromatic N) is 1. The molecule has 0 aliphatic carbocycles. The predicted octanol–water partition coefficient (Wildman–Crippen LogP) is 6.67. The molecular formula is C26H24ClF3N2O5. The highest BCUT2D eigenvalue weighted by atomic mass is 35.5. The molecule has 7 nitrogen and oxygen atoms in total. The molecule has 0 spiro atoms. The Hall–Kier alpha value is -3.66. The number of carbonyl (C=O) groups excluding carboxylic acids is 1. The molecule has 0 saturated carbocycles. The van der Waals surface area contributed by atoms with E-state index < -0.39 is 17.8 Å². The van der Waals surface area contributed by atoms with Gasteiger partial charge in [0.2, 0.25) is 5.88 Å². The highest BCUT2D eigenvalue weighted by Crippen LogP contribution is 2.44. The minimum Gasteiger partial charge on any atom is -0.493 e. The number of carbonyl (C=O) groups is 1. The average Bonchev–Trinajstić information content (AvgIpc) is 3.14. The summed E-state index contributed by atoms with van der Waals surface area (Å²) < 4.78 is 60.9. The van der Waals surface area contributed by atoms with Gasteiger partial charge in [0, 0.05) is 29.9 Å². The number of amides is 1. The molecule has 1 aliphatic heterocycles. The smallest absolute Gasteiger partial charge is 0.417 e. The van der Waals surface area contributed by atoms with E-state index in [1.807, 2.05) is 19.9 Å². The van der Waals surface area contributed by atoms with Crippen molar-refractivity contribution < 1.29 is 36.9 Å². The minimum atomic E-state index is -4.56. The van der Waals surface area contributed by atoms with E-state index in [1.165, 1.54) is 19.2 Å². The number of rotatable bonds is 7. The summed E-state index contributed by atoms with van der Waals surface area (Å²) in [6.45, 7) is 5.56. The molecule has 1 atom stereocenters. The van der Waals surface area contributed by atoms with Gasteiger partial charge >= 0.3 is 6.18 Å². The van der Waals surface area contributed by atoms with Crippen molar-refractivity contribution in [1.82, 2.24) is 4.98 Å². The number of methoxy groups -OCH3 is 1. The highest BCUT2D eigenvalue weighted by molar-refractivity contribution is 6.31. The first kappa shape index (κ1) is 26.4. The summed E-state index contributed by atoms with van der Waals surface area (Å²) in [6.07, 6.45) is -4.08. The lowest BCUT2D eigenvalue weighted by Gasteiger charge is -2.18. The van der Waals surface area contributed by atoms with Gasteiger partial charge in [-0.05, 0) is 57.2 Å². The lowest BCUT2D eigenvalue weighted by atomic mass is 10.0. The zero-order valence-corrected chi connectivity index (χ0v) is 21.2. The van der Waals surface area contributed by atoms with Crippen LogP contribution < -0.4 is 24.3 Å². The van der Waals surface area contributed by atoms with Crippen molar-refractivity contribution in [1.29, 1.82) is 0 Å². The van der Waals surface area contributed by atoms with E-state index in [0.717, 1.165) is 11.6 Å². The largest absolute Gasteiger partial charge is 0.493 e. The SMILES string of the molecule is COc1cc(NC(=O)[C@@H](C)Oc2ccc(Oc3ncc(C(F)(F)F)cc3Cl)cc2)cc2c1OC(C)(C)C2. The standard InChI is InChI=1S/C26H24ClF3N2O5/c1-14(23(33)32-17-9-15-12-25(2,3)37-22(15)21(11-17)34-4)35-18-5-7-19(8-6-18)36-24-20(27)10-16(13-31-24)26(28,29)30/h5-11,13-14H,12H2,1-4H3,(H,32,33)/t14-/m1/s1. The third-order valence-electron chi connectivity index (χ3n) is 5.47. The number of anilines is 1. The maximum Gasteiger partial charge on any atom is 0.417 e. The number of ether oxygens (including phenoxy) is 4. The second kappa shape index (κ2) is 10.0. The third-order valence-corrected chi connectivity index (χ3v) is 5.74. The van der Waals surface area contributed by atoms with Crippen LogP contribution in [0.25, 0.3) is 0 Å². The van der Waals surface area contributed by atoms with Gasteiger partial charge in [-0.1, -0.05) is 11.6 Å². The lowest BCUT2D eigenvalue weighted by Crippen LogP contribution is -2.30. The van der Waals surface area contributed by atoms with Gasteiger partial charge in [0.15, 0.2) is 17.6 Å². The normalized spacial score (nSPS) is 14.8. The molecule has 0 unspecified atom stereocenters. The summed E-state index contributed by atoms with van der Waals surface area (Å²) in [5.74, 6) is 1.31. The molecule has 2 heterocycles. The Morgan fingerprint density at radius 1 is 1.16 bits per heavy atom. The van der Waals surface area contributed by atoms with Gasteiger partial charge in [-0.25, -0.2) is 4.98 Å². The molecule has 11 heteroatoms. The summed E-state index contributed by atoms with van der Waals surface area (Å²) in [5, 5.41) is 2.55. The molecule has 1 aromatic heterocycles. The Morgan fingerprint density at radius 2 is 1.84 bits per heavy atom. The Bertz CT molecular complexity index is 1310. The van der Waals surface area contributed by atoms with Crippen molar-refractivity contribution in [2.45, 2.75) is 45.1 Å². The first-order chi connectivity index (χ1) is 17.3. The monoisotopic (exact) mass is 536 g/mol. The fraction of sp³-hybridized carbons (Fsp3) is 0.308. The fourth-order valence-electron chi connectivity index (χ4n) is 3.76. The molecular weight excluding hydrogens is 513 g/mol.